The molecule has 1 heterocycles. The number of aromatic carboxylic acids is 1. The summed E-state index contributed by atoms with van der Waals surface area (Å²) in [7, 11) is 0. The molecule has 1 amide bonds. The number of ether oxygens (including phenoxy) is 1. The van der Waals surface area contributed by atoms with E-state index in [1.165, 1.54) is 10.7 Å². The molecule has 0 radical (unpaired) electrons. The van der Waals surface area contributed by atoms with Gasteiger partial charge in [-0.3, -0.25) is 4.79 Å². The second-order valence-electron chi connectivity index (χ2n) is 7.37. The highest BCUT2D eigenvalue weighted by Crippen LogP contribution is 2.26. The van der Waals surface area contributed by atoms with Crippen molar-refractivity contribution in [1.82, 2.24) is 9.78 Å². The molecule has 33 heavy (non-hydrogen) atoms. The van der Waals surface area contributed by atoms with Gasteiger partial charge >= 0.3 is 5.97 Å². The second-order valence-corrected chi connectivity index (χ2v) is 7.78. The van der Waals surface area contributed by atoms with Crippen LogP contribution in [0.25, 0.3) is 5.69 Å². The normalized spacial score (nSPS) is 10.6. The smallest absolute Gasteiger partial charge is 0.356 e. The minimum atomic E-state index is -1.09. The van der Waals surface area contributed by atoms with Gasteiger partial charge in [-0.2, -0.15) is 5.10 Å². The number of nitrogens with one attached hydrogen (secondary N) is 1. The van der Waals surface area contributed by atoms with Crippen molar-refractivity contribution >= 4 is 29.2 Å². The van der Waals surface area contributed by atoms with Crippen LogP contribution in [-0.2, 0) is 6.61 Å². The van der Waals surface area contributed by atoms with Crippen LogP contribution in [0, 0.1) is 6.92 Å². The Kier molecular flexibility index (Phi) is 6.42. The number of hydrogen-bond acceptors (Lipinski definition) is 4. The van der Waals surface area contributed by atoms with Crippen LogP contribution in [0.4, 0.5) is 5.69 Å². The fraction of sp³-hybridized carbons (Fsp3) is 0.0800. The summed E-state index contributed by atoms with van der Waals surface area (Å²) in [6.07, 6.45) is 1.56. The Bertz CT molecular complexity index is 1320. The first-order chi connectivity index (χ1) is 15.9. The Morgan fingerprint density at radius 3 is 2.58 bits per heavy atom. The number of hydrogen-bond donors (Lipinski definition) is 2. The monoisotopic (exact) mass is 461 g/mol. The summed E-state index contributed by atoms with van der Waals surface area (Å²) >= 11 is 6.18. The topological polar surface area (TPSA) is 93.5 Å². The molecule has 7 nitrogen and oxygen atoms in total. The molecule has 0 aliphatic carbocycles. The lowest BCUT2D eigenvalue weighted by Gasteiger charge is -2.11. The number of nitrogens with zero attached hydrogens (tertiary/aromatic N) is 2. The van der Waals surface area contributed by atoms with Gasteiger partial charge < -0.3 is 15.2 Å². The molecule has 0 aliphatic rings. The number of aryl methyl sites for hydroxylation is 1. The van der Waals surface area contributed by atoms with Crippen LogP contribution in [0.3, 0.4) is 0 Å². The molecule has 3 aromatic carbocycles. The number of carboxylic acids is 1. The van der Waals surface area contributed by atoms with Crippen molar-refractivity contribution in [2.45, 2.75) is 13.5 Å². The van der Waals surface area contributed by atoms with Crippen LogP contribution < -0.4 is 10.1 Å². The van der Waals surface area contributed by atoms with Crippen LogP contribution >= 0.6 is 11.6 Å². The number of anilines is 1. The molecule has 0 atom stereocenters. The average molecular weight is 462 g/mol. The Morgan fingerprint density at radius 2 is 1.85 bits per heavy atom. The van der Waals surface area contributed by atoms with Crippen molar-refractivity contribution in [2.75, 3.05) is 5.32 Å². The second kappa shape index (κ2) is 9.58. The van der Waals surface area contributed by atoms with Gasteiger partial charge in [-0.15, -0.1) is 0 Å². The Balaban J connectivity index is 1.41. The molecule has 8 heteroatoms. The number of halogens is 1. The van der Waals surface area contributed by atoms with E-state index >= 15 is 0 Å². The Hall–Kier alpha value is -4.10. The highest BCUT2D eigenvalue weighted by Gasteiger charge is 2.10. The summed E-state index contributed by atoms with van der Waals surface area (Å²) in [5.41, 5.74) is 3.61. The highest BCUT2D eigenvalue weighted by molar-refractivity contribution is 6.32. The maximum absolute atomic E-state index is 12.7. The molecule has 2 N–H and O–H groups in total. The summed E-state index contributed by atoms with van der Waals surface area (Å²) in [4.78, 5) is 23.7. The summed E-state index contributed by atoms with van der Waals surface area (Å²) in [6, 6.07) is 21.1. The van der Waals surface area contributed by atoms with E-state index in [1.54, 1.807) is 54.7 Å². The number of carbonyl (C=O) groups excluding carboxylic acids is 1. The fourth-order valence-corrected chi connectivity index (χ4v) is 3.34. The zero-order valence-corrected chi connectivity index (χ0v) is 18.4. The van der Waals surface area contributed by atoms with Crippen LogP contribution in [0.2, 0.25) is 5.02 Å². The van der Waals surface area contributed by atoms with Gasteiger partial charge in [0, 0.05) is 17.4 Å². The molecule has 0 fully saturated rings. The SMILES string of the molecule is Cc1ccc(Cl)c(OCc2cccc(C(=O)Nc3ccc(-n4ccc(C(=O)O)n4)cc3)c2)c1. The van der Waals surface area contributed by atoms with Crippen LogP contribution in [-0.4, -0.2) is 26.8 Å². The first-order valence-electron chi connectivity index (χ1n) is 10.1. The summed E-state index contributed by atoms with van der Waals surface area (Å²) in [5.74, 6) is -0.753. The molecule has 0 spiro atoms. The standard InChI is InChI=1S/C25H20ClN3O4/c1-16-5-10-21(26)23(13-16)33-15-17-3-2-4-18(14-17)24(30)27-19-6-8-20(9-7-19)29-12-11-22(28-29)25(31)32/h2-14H,15H2,1H3,(H,27,30)(H,31,32). The van der Waals surface area contributed by atoms with E-state index in [9.17, 15) is 9.59 Å². The number of aromatic nitrogens is 2. The third kappa shape index (κ3) is 5.39. The van der Waals surface area contributed by atoms with Gasteiger partial charge in [0.25, 0.3) is 5.91 Å². The van der Waals surface area contributed by atoms with Gasteiger partial charge in [0.15, 0.2) is 5.69 Å². The molecule has 0 unspecified atom stereocenters. The van der Waals surface area contributed by atoms with E-state index in [-0.39, 0.29) is 18.2 Å². The molecule has 4 rings (SSSR count). The van der Waals surface area contributed by atoms with E-state index in [2.05, 4.69) is 10.4 Å². The first kappa shape index (κ1) is 22.1. The molecular formula is C25H20ClN3O4. The van der Waals surface area contributed by atoms with E-state index in [4.69, 9.17) is 21.4 Å². The van der Waals surface area contributed by atoms with Crippen LogP contribution in [0.1, 0.15) is 32.0 Å². The minimum absolute atomic E-state index is 0.0408. The maximum Gasteiger partial charge on any atom is 0.356 e. The van der Waals surface area contributed by atoms with Gasteiger partial charge in [0.2, 0.25) is 0 Å². The van der Waals surface area contributed by atoms with Crippen LogP contribution in [0.15, 0.2) is 79.0 Å². The predicted octanol–water partition coefficient (Wildman–Crippen LogP) is 5.36. The molecule has 0 aliphatic heterocycles. The first-order valence-corrected chi connectivity index (χ1v) is 10.5. The Morgan fingerprint density at radius 1 is 1.06 bits per heavy atom. The van der Waals surface area contributed by atoms with E-state index < -0.39 is 5.97 Å². The molecule has 166 valence electrons. The molecule has 1 aromatic heterocycles. The number of rotatable bonds is 7. The lowest BCUT2D eigenvalue weighted by atomic mass is 10.1. The lowest BCUT2D eigenvalue weighted by Crippen LogP contribution is -2.12. The van der Waals surface area contributed by atoms with Gasteiger partial charge in [-0.1, -0.05) is 29.8 Å². The predicted molar refractivity (Wildman–Crippen MR) is 125 cm³/mol. The average Bonchev–Trinajstić information content (AvgIpc) is 3.31. The molecule has 0 saturated carbocycles. The Labute approximate surface area is 195 Å². The molecular weight excluding hydrogens is 442 g/mol. The van der Waals surface area contributed by atoms with Crippen molar-refractivity contribution in [3.63, 3.8) is 0 Å². The number of benzene rings is 3. The largest absolute Gasteiger partial charge is 0.487 e. The third-order valence-corrected chi connectivity index (χ3v) is 5.18. The van der Waals surface area contributed by atoms with Gasteiger partial charge in [-0.25, -0.2) is 9.48 Å². The molecule has 0 saturated heterocycles. The quantitative estimate of drug-likeness (QED) is 0.386. The molecule has 0 bridgehead atoms. The van der Waals surface area contributed by atoms with Gasteiger partial charge in [0.1, 0.15) is 12.4 Å². The van der Waals surface area contributed by atoms with Crippen molar-refractivity contribution in [1.29, 1.82) is 0 Å². The number of amides is 1. The van der Waals surface area contributed by atoms with E-state index in [0.29, 0.717) is 27.7 Å². The minimum Gasteiger partial charge on any atom is -0.487 e. The molecule has 4 aromatic rings. The summed E-state index contributed by atoms with van der Waals surface area (Å²) in [6.45, 7) is 2.24. The zero-order valence-electron chi connectivity index (χ0n) is 17.7. The van der Waals surface area contributed by atoms with Crippen molar-refractivity contribution in [3.05, 3.63) is 106 Å². The number of carboxylic acid groups (broad SMARTS) is 1. The summed E-state index contributed by atoms with van der Waals surface area (Å²) < 4.78 is 7.28. The highest BCUT2D eigenvalue weighted by atomic mass is 35.5. The van der Waals surface area contributed by atoms with E-state index in [0.717, 1.165) is 11.1 Å². The van der Waals surface area contributed by atoms with Gasteiger partial charge in [-0.05, 0) is 72.6 Å². The zero-order chi connectivity index (χ0) is 23.4. The third-order valence-electron chi connectivity index (χ3n) is 4.87. The lowest BCUT2D eigenvalue weighted by molar-refractivity contribution is 0.0689. The van der Waals surface area contributed by atoms with E-state index in [1.807, 2.05) is 25.1 Å². The maximum atomic E-state index is 12.7. The summed E-state index contributed by atoms with van der Waals surface area (Å²) in [5, 5.41) is 16.4. The van der Waals surface area contributed by atoms with Crippen LogP contribution in [0.5, 0.6) is 5.75 Å². The van der Waals surface area contributed by atoms with Crippen molar-refractivity contribution in [3.8, 4) is 11.4 Å². The van der Waals surface area contributed by atoms with Crippen molar-refractivity contribution in [2.24, 2.45) is 0 Å². The fourth-order valence-electron chi connectivity index (χ4n) is 3.17. The van der Waals surface area contributed by atoms with Crippen molar-refractivity contribution < 1.29 is 19.4 Å². The number of carbonyl (C=O) groups is 2. The van der Waals surface area contributed by atoms with Gasteiger partial charge in [0.05, 0.1) is 10.7 Å².